The first-order valence-corrected chi connectivity index (χ1v) is 10.0. The van der Waals surface area contributed by atoms with Crippen LogP contribution in [0.4, 0.5) is 17.5 Å². The van der Waals surface area contributed by atoms with E-state index in [0.717, 1.165) is 29.1 Å². The van der Waals surface area contributed by atoms with Gasteiger partial charge in [-0.15, -0.1) is 0 Å². The van der Waals surface area contributed by atoms with Crippen molar-refractivity contribution < 1.29 is 0 Å². The number of nitrogens with one attached hydrogen (secondary N) is 2. The Morgan fingerprint density at radius 2 is 1.89 bits per heavy atom. The molecule has 2 aromatic heterocycles. The quantitative estimate of drug-likeness (QED) is 0.574. The van der Waals surface area contributed by atoms with Crippen LogP contribution in [0.1, 0.15) is 59.6 Å². The van der Waals surface area contributed by atoms with E-state index in [2.05, 4.69) is 80.8 Å². The molecule has 3 aromatic rings. The third-order valence-electron chi connectivity index (χ3n) is 5.02. The van der Waals surface area contributed by atoms with Gasteiger partial charge in [0, 0.05) is 17.8 Å². The molecule has 0 saturated heterocycles. The highest BCUT2D eigenvalue weighted by atomic mass is 15.2. The molecule has 28 heavy (non-hydrogen) atoms. The normalized spacial score (nSPS) is 13.1. The maximum Gasteiger partial charge on any atom is 0.227 e. The first-order chi connectivity index (χ1) is 13.2. The Morgan fingerprint density at radius 3 is 2.50 bits per heavy atom. The summed E-state index contributed by atoms with van der Waals surface area (Å²) in [6.45, 7) is 15.2. The number of hydrogen-bond acceptors (Lipinski definition) is 5. The molecule has 6 heteroatoms. The van der Waals surface area contributed by atoms with Gasteiger partial charge < -0.3 is 15.2 Å². The minimum absolute atomic E-state index is 0.107. The number of aryl methyl sites for hydroxylation is 1. The summed E-state index contributed by atoms with van der Waals surface area (Å²) in [6, 6.07) is 8.80. The predicted molar refractivity (Wildman–Crippen MR) is 117 cm³/mol. The molecular weight excluding hydrogens is 348 g/mol. The van der Waals surface area contributed by atoms with Crippen molar-refractivity contribution in [2.75, 3.05) is 10.6 Å². The lowest BCUT2D eigenvalue weighted by molar-refractivity contribution is 0.332. The second-order valence-corrected chi connectivity index (χ2v) is 8.78. The number of rotatable bonds is 6. The first kappa shape index (κ1) is 20.1. The average molecular weight is 381 g/mol. The standard InChI is InChI=1S/C22H32N6/c1-8-17(22(5,6)7)25-21-26-19(24-16-11-9-10-15(4)12-16)18-20(27-21)28(13-23-18)14(2)3/h9-14,17H,8H2,1-7H3,(H2,24,25,26,27). The Morgan fingerprint density at radius 1 is 1.14 bits per heavy atom. The molecule has 150 valence electrons. The van der Waals surface area contributed by atoms with E-state index in [1.54, 1.807) is 0 Å². The van der Waals surface area contributed by atoms with Crippen molar-refractivity contribution in [3.05, 3.63) is 36.2 Å². The Balaban J connectivity index is 2.08. The second kappa shape index (κ2) is 7.78. The van der Waals surface area contributed by atoms with E-state index >= 15 is 0 Å². The Kier molecular flexibility index (Phi) is 5.59. The summed E-state index contributed by atoms with van der Waals surface area (Å²) in [4.78, 5) is 14.2. The zero-order valence-electron chi connectivity index (χ0n) is 18.0. The monoisotopic (exact) mass is 380 g/mol. The number of aromatic nitrogens is 4. The molecule has 1 unspecified atom stereocenters. The van der Waals surface area contributed by atoms with Crippen LogP contribution in [0, 0.1) is 12.3 Å². The van der Waals surface area contributed by atoms with E-state index in [-0.39, 0.29) is 17.5 Å². The number of anilines is 3. The summed E-state index contributed by atoms with van der Waals surface area (Å²) in [5.74, 6) is 1.35. The van der Waals surface area contributed by atoms with Crippen LogP contribution in [-0.2, 0) is 0 Å². The van der Waals surface area contributed by atoms with Gasteiger partial charge >= 0.3 is 0 Å². The van der Waals surface area contributed by atoms with Crippen molar-refractivity contribution in [3.8, 4) is 0 Å². The highest BCUT2D eigenvalue weighted by molar-refractivity contribution is 5.86. The van der Waals surface area contributed by atoms with E-state index in [0.29, 0.717) is 5.95 Å². The van der Waals surface area contributed by atoms with Crippen molar-refractivity contribution in [2.24, 2.45) is 5.41 Å². The summed E-state index contributed by atoms with van der Waals surface area (Å²) < 4.78 is 2.08. The lowest BCUT2D eigenvalue weighted by Crippen LogP contribution is -2.34. The minimum atomic E-state index is 0.107. The predicted octanol–water partition coefficient (Wildman–Crippen LogP) is 5.70. The second-order valence-electron chi connectivity index (χ2n) is 8.78. The van der Waals surface area contributed by atoms with Gasteiger partial charge in [0.2, 0.25) is 5.95 Å². The Bertz CT molecular complexity index is 951. The van der Waals surface area contributed by atoms with Crippen LogP contribution in [-0.4, -0.2) is 25.6 Å². The summed E-state index contributed by atoms with van der Waals surface area (Å²) in [6.07, 6.45) is 2.84. The topological polar surface area (TPSA) is 67.7 Å². The lowest BCUT2D eigenvalue weighted by Gasteiger charge is -2.30. The van der Waals surface area contributed by atoms with Crippen LogP contribution in [0.5, 0.6) is 0 Å². The first-order valence-electron chi connectivity index (χ1n) is 10.0. The molecule has 1 atom stereocenters. The highest BCUT2D eigenvalue weighted by Crippen LogP contribution is 2.29. The fourth-order valence-corrected chi connectivity index (χ4v) is 3.39. The molecule has 3 rings (SSSR count). The number of imidazole rings is 1. The van der Waals surface area contributed by atoms with Gasteiger partial charge in [-0.2, -0.15) is 9.97 Å². The van der Waals surface area contributed by atoms with Crippen LogP contribution >= 0.6 is 0 Å². The van der Waals surface area contributed by atoms with Gasteiger partial charge in [-0.05, 0) is 50.3 Å². The molecule has 0 aliphatic rings. The van der Waals surface area contributed by atoms with Crippen LogP contribution in [0.25, 0.3) is 11.2 Å². The maximum atomic E-state index is 4.82. The third kappa shape index (κ3) is 4.26. The van der Waals surface area contributed by atoms with Crippen molar-refractivity contribution in [1.29, 1.82) is 0 Å². The number of fused-ring (bicyclic) bond motifs is 1. The SMILES string of the molecule is CCC(Nc1nc(Nc2cccc(C)c2)c2ncn(C(C)C)c2n1)C(C)(C)C. The summed E-state index contributed by atoms with van der Waals surface area (Å²) in [7, 11) is 0. The average Bonchev–Trinajstić information content (AvgIpc) is 3.03. The molecule has 0 spiro atoms. The lowest BCUT2D eigenvalue weighted by atomic mass is 9.85. The third-order valence-corrected chi connectivity index (χ3v) is 5.02. The Labute approximate surface area is 167 Å². The largest absolute Gasteiger partial charge is 0.351 e. The molecule has 0 aliphatic heterocycles. The molecule has 0 aliphatic carbocycles. The molecule has 0 fully saturated rings. The Hall–Kier alpha value is -2.63. The van der Waals surface area contributed by atoms with Crippen LogP contribution < -0.4 is 10.6 Å². The van der Waals surface area contributed by atoms with Crippen molar-refractivity contribution in [1.82, 2.24) is 19.5 Å². The molecule has 2 N–H and O–H groups in total. The zero-order valence-corrected chi connectivity index (χ0v) is 18.0. The molecule has 0 saturated carbocycles. The zero-order chi connectivity index (χ0) is 20.5. The van der Waals surface area contributed by atoms with E-state index in [1.807, 2.05) is 18.5 Å². The van der Waals surface area contributed by atoms with Crippen LogP contribution in [0.3, 0.4) is 0 Å². The molecule has 1 aromatic carbocycles. The summed E-state index contributed by atoms with van der Waals surface area (Å²) in [5.41, 5.74) is 3.92. The minimum Gasteiger partial charge on any atom is -0.351 e. The highest BCUT2D eigenvalue weighted by Gasteiger charge is 2.24. The van der Waals surface area contributed by atoms with Gasteiger partial charge in [-0.1, -0.05) is 39.8 Å². The van der Waals surface area contributed by atoms with Gasteiger partial charge in [-0.3, -0.25) is 0 Å². The van der Waals surface area contributed by atoms with Crippen LogP contribution in [0.2, 0.25) is 0 Å². The van der Waals surface area contributed by atoms with E-state index in [4.69, 9.17) is 9.97 Å². The van der Waals surface area contributed by atoms with Crippen molar-refractivity contribution >= 4 is 28.6 Å². The smallest absolute Gasteiger partial charge is 0.227 e. The van der Waals surface area contributed by atoms with Crippen LogP contribution in [0.15, 0.2) is 30.6 Å². The maximum absolute atomic E-state index is 4.82. The molecule has 2 heterocycles. The summed E-state index contributed by atoms with van der Waals surface area (Å²) >= 11 is 0. The molecule has 0 amide bonds. The van der Waals surface area contributed by atoms with Crippen molar-refractivity contribution in [3.63, 3.8) is 0 Å². The summed E-state index contributed by atoms with van der Waals surface area (Å²) in [5, 5.41) is 6.99. The number of hydrogen-bond donors (Lipinski definition) is 2. The van der Waals surface area contributed by atoms with Crippen molar-refractivity contribution in [2.45, 2.75) is 67.0 Å². The van der Waals surface area contributed by atoms with Gasteiger partial charge in [0.1, 0.15) is 0 Å². The number of nitrogens with zero attached hydrogens (tertiary/aromatic N) is 4. The fraction of sp³-hybridized carbons (Fsp3) is 0.500. The van der Waals surface area contributed by atoms with E-state index in [9.17, 15) is 0 Å². The molecular formula is C22H32N6. The molecule has 6 nitrogen and oxygen atoms in total. The van der Waals surface area contributed by atoms with Gasteiger partial charge in [0.15, 0.2) is 17.0 Å². The van der Waals surface area contributed by atoms with E-state index in [1.165, 1.54) is 5.56 Å². The molecule has 0 bridgehead atoms. The number of benzene rings is 1. The van der Waals surface area contributed by atoms with E-state index < -0.39 is 0 Å². The fourth-order valence-electron chi connectivity index (χ4n) is 3.39. The van der Waals surface area contributed by atoms with Gasteiger partial charge in [0.25, 0.3) is 0 Å². The van der Waals surface area contributed by atoms with Gasteiger partial charge in [0.05, 0.1) is 6.33 Å². The molecule has 0 radical (unpaired) electrons. The van der Waals surface area contributed by atoms with Gasteiger partial charge in [-0.25, -0.2) is 4.98 Å².